The Morgan fingerprint density at radius 2 is 2.25 bits per heavy atom. The number of hydrogen-bond acceptors (Lipinski definition) is 5. The maximum Gasteiger partial charge on any atom is 0.407 e. The van der Waals surface area contributed by atoms with Gasteiger partial charge in [0.05, 0.1) is 5.69 Å². The van der Waals surface area contributed by atoms with Crippen LogP contribution >= 0.6 is 11.3 Å². The summed E-state index contributed by atoms with van der Waals surface area (Å²) in [5, 5.41) is 5.60. The van der Waals surface area contributed by atoms with Gasteiger partial charge in [0.1, 0.15) is 5.60 Å². The molecule has 20 heavy (non-hydrogen) atoms. The van der Waals surface area contributed by atoms with Crippen LogP contribution in [0.5, 0.6) is 0 Å². The zero-order valence-corrected chi connectivity index (χ0v) is 13.1. The Labute approximate surface area is 123 Å². The standard InChI is InChI=1S/C14H23N3O2S/c1-14(2,3)19-13(18)16-10-6-4-5-9(7-10)11-8-20-12(15)17-11/h8-10H,4-7H2,1-3H3,(H2,15,17)(H,16,18)/t9-,10+/m0/s1. The second-order valence-corrected chi connectivity index (χ2v) is 7.21. The maximum absolute atomic E-state index is 11.8. The Hall–Kier alpha value is -1.30. The number of nitrogen functional groups attached to an aromatic ring is 1. The Morgan fingerprint density at radius 3 is 2.85 bits per heavy atom. The minimum absolute atomic E-state index is 0.159. The topological polar surface area (TPSA) is 77.2 Å². The number of ether oxygens (including phenoxy) is 1. The first-order chi connectivity index (χ1) is 9.33. The van der Waals surface area contributed by atoms with Crippen molar-refractivity contribution in [1.82, 2.24) is 10.3 Å². The number of thiazole rings is 1. The number of anilines is 1. The molecule has 1 amide bonds. The molecule has 1 aromatic heterocycles. The highest BCUT2D eigenvalue weighted by Crippen LogP contribution is 2.33. The number of nitrogens with one attached hydrogen (secondary N) is 1. The minimum Gasteiger partial charge on any atom is -0.444 e. The first-order valence-electron chi connectivity index (χ1n) is 7.04. The van der Waals surface area contributed by atoms with Crippen LogP contribution in [0.4, 0.5) is 9.93 Å². The lowest BCUT2D eigenvalue weighted by Gasteiger charge is -2.30. The Bertz CT molecular complexity index is 467. The zero-order chi connectivity index (χ0) is 14.8. The predicted molar refractivity (Wildman–Crippen MR) is 80.9 cm³/mol. The van der Waals surface area contributed by atoms with Crippen LogP contribution in [0.3, 0.4) is 0 Å². The monoisotopic (exact) mass is 297 g/mol. The van der Waals surface area contributed by atoms with Gasteiger partial charge in [0.15, 0.2) is 5.13 Å². The third kappa shape index (κ3) is 4.37. The van der Waals surface area contributed by atoms with Crippen LogP contribution in [0.15, 0.2) is 5.38 Å². The Balaban J connectivity index is 1.89. The second kappa shape index (κ2) is 5.99. The molecule has 2 atom stereocenters. The molecule has 0 aromatic carbocycles. The molecular weight excluding hydrogens is 274 g/mol. The van der Waals surface area contributed by atoms with E-state index in [1.165, 1.54) is 11.3 Å². The Morgan fingerprint density at radius 1 is 1.50 bits per heavy atom. The summed E-state index contributed by atoms with van der Waals surface area (Å²) < 4.78 is 5.30. The number of carbonyl (C=O) groups is 1. The highest BCUT2D eigenvalue weighted by atomic mass is 32.1. The number of alkyl carbamates (subject to hydrolysis) is 1. The number of amides is 1. The minimum atomic E-state index is -0.457. The van der Waals surface area contributed by atoms with Crippen molar-refractivity contribution in [2.24, 2.45) is 0 Å². The second-order valence-electron chi connectivity index (χ2n) is 6.32. The molecule has 112 valence electrons. The molecule has 1 heterocycles. The molecule has 0 radical (unpaired) electrons. The van der Waals surface area contributed by atoms with Gasteiger partial charge in [-0.25, -0.2) is 9.78 Å². The quantitative estimate of drug-likeness (QED) is 0.878. The lowest BCUT2D eigenvalue weighted by Crippen LogP contribution is -2.41. The van der Waals surface area contributed by atoms with Crippen molar-refractivity contribution in [2.75, 3.05) is 5.73 Å². The van der Waals surface area contributed by atoms with Gasteiger partial charge < -0.3 is 15.8 Å². The SMILES string of the molecule is CC(C)(C)OC(=O)N[C@@H]1CCC[C@H](c2csc(N)n2)C1. The van der Waals surface area contributed by atoms with Gasteiger partial charge in [0, 0.05) is 17.3 Å². The first-order valence-corrected chi connectivity index (χ1v) is 7.92. The molecule has 1 aliphatic carbocycles. The van der Waals surface area contributed by atoms with Crippen LogP contribution in [0.1, 0.15) is 58.1 Å². The molecule has 2 rings (SSSR count). The van der Waals surface area contributed by atoms with Gasteiger partial charge in [-0.05, 0) is 40.0 Å². The molecule has 5 nitrogen and oxygen atoms in total. The number of nitrogens with two attached hydrogens (primary N) is 1. The van der Waals surface area contributed by atoms with E-state index in [0.717, 1.165) is 31.4 Å². The van der Waals surface area contributed by atoms with Crippen LogP contribution in [0.2, 0.25) is 0 Å². The van der Waals surface area contributed by atoms with Crippen molar-refractivity contribution in [1.29, 1.82) is 0 Å². The lowest BCUT2D eigenvalue weighted by molar-refractivity contribution is 0.0490. The van der Waals surface area contributed by atoms with E-state index < -0.39 is 5.60 Å². The lowest BCUT2D eigenvalue weighted by atomic mass is 9.84. The first kappa shape index (κ1) is 15.1. The van der Waals surface area contributed by atoms with Crippen molar-refractivity contribution in [2.45, 2.75) is 64.0 Å². The van der Waals surface area contributed by atoms with Crippen molar-refractivity contribution in [3.8, 4) is 0 Å². The number of rotatable bonds is 2. The smallest absolute Gasteiger partial charge is 0.407 e. The van der Waals surface area contributed by atoms with Gasteiger partial charge >= 0.3 is 6.09 Å². The molecule has 0 unspecified atom stereocenters. The highest BCUT2D eigenvalue weighted by Gasteiger charge is 2.27. The zero-order valence-electron chi connectivity index (χ0n) is 12.3. The molecule has 0 aliphatic heterocycles. The normalized spacial score (nSPS) is 23.4. The molecule has 0 spiro atoms. The van der Waals surface area contributed by atoms with Crippen molar-refractivity contribution in [3.05, 3.63) is 11.1 Å². The summed E-state index contributed by atoms with van der Waals surface area (Å²) >= 11 is 1.48. The van der Waals surface area contributed by atoms with Crippen molar-refractivity contribution in [3.63, 3.8) is 0 Å². The van der Waals surface area contributed by atoms with Crippen LogP contribution in [-0.2, 0) is 4.74 Å². The largest absolute Gasteiger partial charge is 0.444 e. The highest BCUT2D eigenvalue weighted by molar-refractivity contribution is 7.13. The van der Waals surface area contributed by atoms with E-state index in [1.54, 1.807) is 0 Å². The van der Waals surface area contributed by atoms with E-state index in [0.29, 0.717) is 11.0 Å². The average molecular weight is 297 g/mol. The number of nitrogens with zero attached hydrogens (tertiary/aromatic N) is 1. The van der Waals surface area contributed by atoms with Crippen molar-refractivity contribution < 1.29 is 9.53 Å². The van der Waals surface area contributed by atoms with Gasteiger partial charge in [0.2, 0.25) is 0 Å². The summed E-state index contributed by atoms with van der Waals surface area (Å²) in [6.07, 6.45) is 3.76. The van der Waals surface area contributed by atoms with Crippen LogP contribution in [0.25, 0.3) is 0 Å². The molecule has 1 fully saturated rings. The Kier molecular flexibility index (Phi) is 4.52. The van der Waals surface area contributed by atoms with Crippen LogP contribution < -0.4 is 11.1 Å². The van der Waals surface area contributed by atoms with Gasteiger partial charge in [-0.15, -0.1) is 11.3 Å². The summed E-state index contributed by atoms with van der Waals surface area (Å²) in [5.74, 6) is 0.386. The molecule has 6 heteroatoms. The molecule has 1 saturated carbocycles. The maximum atomic E-state index is 11.8. The molecule has 1 aromatic rings. The third-order valence-electron chi connectivity index (χ3n) is 3.35. The summed E-state index contributed by atoms with van der Waals surface area (Å²) in [4.78, 5) is 16.2. The van der Waals surface area contributed by atoms with Crippen molar-refractivity contribution >= 4 is 22.6 Å². The van der Waals surface area contributed by atoms with Crippen LogP contribution in [-0.4, -0.2) is 22.7 Å². The predicted octanol–water partition coefficient (Wildman–Crippen LogP) is 3.28. The fourth-order valence-electron chi connectivity index (χ4n) is 2.55. The van der Waals surface area contributed by atoms with E-state index in [4.69, 9.17) is 10.5 Å². The number of aromatic nitrogens is 1. The van der Waals surface area contributed by atoms with Gasteiger partial charge in [0.25, 0.3) is 0 Å². The summed E-state index contributed by atoms with van der Waals surface area (Å²) in [6, 6.07) is 0.159. The third-order valence-corrected chi connectivity index (χ3v) is 4.05. The van der Waals surface area contributed by atoms with E-state index in [9.17, 15) is 4.79 Å². The average Bonchev–Trinajstić information content (AvgIpc) is 2.73. The van der Waals surface area contributed by atoms with Gasteiger partial charge in [-0.2, -0.15) is 0 Å². The van der Waals surface area contributed by atoms with Gasteiger partial charge in [-0.1, -0.05) is 6.42 Å². The van der Waals surface area contributed by atoms with E-state index in [2.05, 4.69) is 10.3 Å². The number of hydrogen-bond donors (Lipinski definition) is 2. The molecular formula is C14H23N3O2S. The molecule has 1 aliphatic rings. The summed E-state index contributed by atoms with van der Waals surface area (Å²) in [6.45, 7) is 5.61. The summed E-state index contributed by atoms with van der Waals surface area (Å²) in [5.41, 5.74) is 6.29. The summed E-state index contributed by atoms with van der Waals surface area (Å²) in [7, 11) is 0. The fraction of sp³-hybridized carbons (Fsp3) is 0.714. The fourth-order valence-corrected chi connectivity index (χ4v) is 3.20. The van der Waals surface area contributed by atoms with Gasteiger partial charge in [-0.3, -0.25) is 0 Å². The van der Waals surface area contributed by atoms with Crippen LogP contribution in [0, 0.1) is 0 Å². The molecule has 0 bridgehead atoms. The van der Waals surface area contributed by atoms with E-state index >= 15 is 0 Å². The molecule has 3 N–H and O–H groups in total. The van der Waals surface area contributed by atoms with E-state index in [1.807, 2.05) is 26.2 Å². The van der Waals surface area contributed by atoms with E-state index in [-0.39, 0.29) is 12.1 Å². The molecule has 0 saturated heterocycles. The number of carbonyl (C=O) groups excluding carboxylic acids is 1.